The third-order valence-electron chi connectivity index (χ3n) is 6.07. The van der Waals surface area contributed by atoms with Gasteiger partial charge in [0, 0.05) is 19.1 Å². The van der Waals surface area contributed by atoms with Crippen molar-refractivity contribution in [3.63, 3.8) is 0 Å². The molecule has 0 spiro atoms. The SMILES string of the molecule is CC(=O)N1N=C2N(Cc3ccccc3)C(=O)c3c(sc(C(N)=O)c3C)N2C1c1ccc([N+](=O)[O-])cc1. The van der Waals surface area contributed by atoms with Crippen LogP contribution in [0.1, 0.15) is 49.8 Å². The van der Waals surface area contributed by atoms with Crippen molar-refractivity contribution in [2.24, 2.45) is 10.8 Å². The average molecular weight is 505 g/mol. The molecular formula is C24H20N6O5S. The number of nitro benzene ring substituents is 1. The lowest BCUT2D eigenvalue weighted by Crippen LogP contribution is -2.50. The number of primary amides is 1. The van der Waals surface area contributed by atoms with E-state index < -0.39 is 22.9 Å². The minimum absolute atomic E-state index is 0.101. The second kappa shape index (κ2) is 8.57. The van der Waals surface area contributed by atoms with E-state index in [0.29, 0.717) is 21.7 Å². The van der Waals surface area contributed by atoms with Gasteiger partial charge in [0.15, 0.2) is 6.17 Å². The van der Waals surface area contributed by atoms with Gasteiger partial charge in [0.25, 0.3) is 17.5 Å². The van der Waals surface area contributed by atoms with Crippen LogP contribution in [-0.2, 0) is 11.3 Å². The van der Waals surface area contributed by atoms with E-state index in [0.717, 1.165) is 16.9 Å². The number of fused-ring (bicyclic) bond motifs is 3. The standard InChI is InChI=1S/C24H20N6O5S/c1-13-18-22(33)27(12-15-6-4-3-5-7-15)24-26-29(14(2)31)21(16-8-10-17(11-9-16)30(34)35)28(24)23(18)36-19(13)20(25)32/h3-11,21H,12H2,1-2H3,(H2,25,32). The fourth-order valence-corrected chi connectivity index (χ4v) is 5.57. The molecule has 2 aromatic carbocycles. The molecule has 0 aliphatic carbocycles. The Hall–Kier alpha value is -4.58. The van der Waals surface area contributed by atoms with E-state index in [1.165, 1.54) is 29.0 Å². The van der Waals surface area contributed by atoms with Gasteiger partial charge in [-0.1, -0.05) is 30.3 Å². The van der Waals surface area contributed by atoms with E-state index in [1.54, 1.807) is 24.0 Å². The van der Waals surface area contributed by atoms with Crippen LogP contribution < -0.4 is 10.6 Å². The predicted octanol–water partition coefficient (Wildman–Crippen LogP) is 3.36. The molecule has 1 atom stereocenters. The highest BCUT2D eigenvalue weighted by molar-refractivity contribution is 7.19. The van der Waals surface area contributed by atoms with Crippen LogP contribution in [-0.4, -0.2) is 38.5 Å². The first-order chi connectivity index (χ1) is 17.2. The molecule has 2 N–H and O–H groups in total. The van der Waals surface area contributed by atoms with E-state index >= 15 is 0 Å². The van der Waals surface area contributed by atoms with E-state index in [1.807, 2.05) is 30.3 Å². The summed E-state index contributed by atoms with van der Waals surface area (Å²) in [5, 5.41) is 17.4. The lowest BCUT2D eigenvalue weighted by molar-refractivity contribution is -0.384. The fraction of sp³-hybridized carbons (Fsp3) is 0.167. The zero-order valence-corrected chi connectivity index (χ0v) is 20.1. The summed E-state index contributed by atoms with van der Waals surface area (Å²) >= 11 is 1.06. The number of nitro groups is 1. The number of anilines is 1. The van der Waals surface area contributed by atoms with Crippen LogP contribution in [0.4, 0.5) is 10.7 Å². The third kappa shape index (κ3) is 3.58. The van der Waals surface area contributed by atoms with Crippen LogP contribution in [0, 0.1) is 17.0 Å². The molecule has 1 aromatic heterocycles. The summed E-state index contributed by atoms with van der Waals surface area (Å²) < 4.78 is 0. The van der Waals surface area contributed by atoms with Gasteiger partial charge < -0.3 is 5.73 Å². The number of amides is 3. The monoisotopic (exact) mass is 504 g/mol. The second-order valence-corrected chi connectivity index (χ2v) is 9.33. The maximum Gasteiger partial charge on any atom is 0.269 e. The molecule has 5 rings (SSSR count). The number of thiophene rings is 1. The number of guanidine groups is 1. The Bertz CT molecular complexity index is 1450. The lowest BCUT2D eigenvalue weighted by atomic mass is 10.1. The molecular weight excluding hydrogens is 484 g/mol. The first kappa shape index (κ1) is 23.2. The molecule has 2 aliphatic rings. The number of carbonyl (C=O) groups excluding carboxylic acids is 3. The summed E-state index contributed by atoms with van der Waals surface area (Å²) in [6, 6.07) is 15.1. The van der Waals surface area contributed by atoms with E-state index in [2.05, 4.69) is 5.10 Å². The number of non-ortho nitro benzene ring substituents is 1. The van der Waals surface area contributed by atoms with Gasteiger partial charge in [0.05, 0.1) is 21.9 Å². The Kier molecular flexibility index (Phi) is 5.52. The first-order valence-corrected chi connectivity index (χ1v) is 11.7. The van der Waals surface area contributed by atoms with Crippen molar-refractivity contribution in [1.82, 2.24) is 9.91 Å². The van der Waals surface area contributed by atoms with Crippen LogP contribution in [0.3, 0.4) is 0 Å². The molecule has 0 bridgehead atoms. The fourth-order valence-electron chi connectivity index (χ4n) is 4.39. The van der Waals surface area contributed by atoms with Gasteiger partial charge in [0.1, 0.15) is 5.00 Å². The number of hydrazone groups is 1. The average Bonchev–Trinajstić information content (AvgIpc) is 3.41. The summed E-state index contributed by atoms with van der Waals surface area (Å²) in [6.07, 6.45) is -0.831. The zero-order valence-electron chi connectivity index (χ0n) is 19.2. The van der Waals surface area contributed by atoms with Gasteiger partial charge in [-0.3, -0.25) is 34.3 Å². The number of nitrogens with zero attached hydrogens (tertiary/aromatic N) is 5. The normalized spacial score (nSPS) is 16.5. The zero-order chi connectivity index (χ0) is 25.7. The summed E-state index contributed by atoms with van der Waals surface area (Å²) in [5.41, 5.74) is 7.64. The Balaban J connectivity index is 1.71. The van der Waals surface area contributed by atoms with Crippen molar-refractivity contribution in [3.05, 3.63) is 91.8 Å². The van der Waals surface area contributed by atoms with E-state index in [9.17, 15) is 24.5 Å². The molecule has 182 valence electrons. The Morgan fingerprint density at radius 3 is 2.39 bits per heavy atom. The molecule has 12 heteroatoms. The summed E-state index contributed by atoms with van der Waals surface area (Å²) in [4.78, 5) is 52.7. The van der Waals surface area contributed by atoms with Gasteiger partial charge in [-0.25, -0.2) is 5.01 Å². The van der Waals surface area contributed by atoms with Gasteiger partial charge in [-0.2, -0.15) is 0 Å². The van der Waals surface area contributed by atoms with Crippen LogP contribution in [0.15, 0.2) is 59.7 Å². The molecule has 1 unspecified atom stereocenters. The summed E-state index contributed by atoms with van der Waals surface area (Å²) in [6.45, 7) is 3.18. The van der Waals surface area contributed by atoms with E-state index in [4.69, 9.17) is 5.73 Å². The molecule has 3 aromatic rings. The molecule has 3 amide bonds. The van der Waals surface area contributed by atoms with Crippen molar-refractivity contribution in [2.75, 3.05) is 4.90 Å². The van der Waals surface area contributed by atoms with Crippen molar-refractivity contribution >= 4 is 45.7 Å². The van der Waals surface area contributed by atoms with Crippen LogP contribution in [0.25, 0.3) is 0 Å². The summed E-state index contributed by atoms with van der Waals surface area (Å²) in [7, 11) is 0. The van der Waals surface area contributed by atoms with Crippen LogP contribution in [0.2, 0.25) is 0 Å². The van der Waals surface area contributed by atoms with Crippen molar-refractivity contribution in [3.8, 4) is 0 Å². The molecule has 0 fully saturated rings. The Labute approximate surface area is 209 Å². The molecule has 2 aliphatic heterocycles. The highest BCUT2D eigenvalue weighted by Crippen LogP contribution is 2.47. The molecule has 3 heterocycles. The highest BCUT2D eigenvalue weighted by atomic mass is 32.1. The van der Waals surface area contributed by atoms with Crippen molar-refractivity contribution in [1.29, 1.82) is 0 Å². The molecule has 0 saturated carbocycles. The largest absolute Gasteiger partial charge is 0.365 e. The highest BCUT2D eigenvalue weighted by Gasteiger charge is 2.49. The molecule has 0 saturated heterocycles. The first-order valence-electron chi connectivity index (χ1n) is 10.9. The van der Waals surface area contributed by atoms with Crippen molar-refractivity contribution in [2.45, 2.75) is 26.6 Å². The van der Waals surface area contributed by atoms with Gasteiger partial charge in [-0.15, -0.1) is 16.4 Å². The Morgan fingerprint density at radius 2 is 1.81 bits per heavy atom. The number of nitrogens with two attached hydrogens (primary N) is 1. The molecule has 0 radical (unpaired) electrons. The van der Waals surface area contributed by atoms with Gasteiger partial charge >= 0.3 is 0 Å². The molecule has 11 nitrogen and oxygen atoms in total. The topological polar surface area (TPSA) is 142 Å². The number of hydrogen-bond donors (Lipinski definition) is 1. The van der Waals surface area contributed by atoms with Gasteiger partial charge in [0.2, 0.25) is 11.9 Å². The van der Waals surface area contributed by atoms with Gasteiger partial charge in [-0.05, 0) is 35.7 Å². The molecule has 36 heavy (non-hydrogen) atoms. The maximum absolute atomic E-state index is 13.8. The minimum atomic E-state index is -0.831. The number of rotatable bonds is 5. The van der Waals surface area contributed by atoms with Crippen molar-refractivity contribution < 1.29 is 19.3 Å². The summed E-state index contributed by atoms with van der Waals surface area (Å²) in [5.74, 6) is -1.20. The lowest BCUT2D eigenvalue weighted by Gasteiger charge is -2.37. The van der Waals surface area contributed by atoms with Crippen LogP contribution >= 0.6 is 11.3 Å². The third-order valence-corrected chi connectivity index (χ3v) is 7.37. The quantitative estimate of drug-likeness (QED) is 0.417. The second-order valence-electron chi connectivity index (χ2n) is 8.33. The van der Waals surface area contributed by atoms with Crippen LogP contribution in [0.5, 0.6) is 0 Å². The minimum Gasteiger partial charge on any atom is -0.365 e. The number of benzene rings is 2. The predicted molar refractivity (Wildman–Crippen MR) is 132 cm³/mol. The smallest absolute Gasteiger partial charge is 0.269 e. The number of carbonyl (C=O) groups is 3. The van der Waals surface area contributed by atoms with E-state index in [-0.39, 0.29) is 29.0 Å². The Morgan fingerprint density at radius 1 is 1.14 bits per heavy atom. The maximum atomic E-state index is 13.8. The number of hydrogen-bond acceptors (Lipinski definition) is 8.